The average Bonchev–Trinajstić information content (AvgIpc) is 3.07. The van der Waals surface area contributed by atoms with Gasteiger partial charge in [0.25, 0.3) is 0 Å². The van der Waals surface area contributed by atoms with Crippen LogP contribution in [-0.4, -0.2) is 15.0 Å². The lowest BCUT2D eigenvalue weighted by Gasteiger charge is -2.50. The van der Waals surface area contributed by atoms with E-state index in [0.717, 1.165) is 40.0 Å². The largest absolute Gasteiger partial charge is 0.208 e. The van der Waals surface area contributed by atoms with Crippen molar-refractivity contribution in [3.8, 4) is 57.4 Å². The molecule has 5 heteroatoms. The molecule has 5 nitrogen and oxygen atoms in total. The van der Waals surface area contributed by atoms with E-state index in [1.54, 1.807) is 24.3 Å². The van der Waals surface area contributed by atoms with Crippen molar-refractivity contribution in [1.82, 2.24) is 15.0 Å². The summed E-state index contributed by atoms with van der Waals surface area (Å²) in [4.78, 5) is 14.6. The first kappa shape index (κ1) is 28.6. The predicted octanol–water partition coefficient (Wildman–Crippen LogP) is 9.39. The van der Waals surface area contributed by atoms with Crippen molar-refractivity contribution in [2.75, 3.05) is 0 Å². The molecule has 4 atom stereocenters. The van der Waals surface area contributed by atoms with Gasteiger partial charge in [-0.15, -0.1) is 0 Å². The Morgan fingerprint density at radius 3 is 1.71 bits per heavy atom. The summed E-state index contributed by atoms with van der Waals surface area (Å²) in [5.74, 6) is 3.99. The maximum atomic E-state index is 9.49. The molecule has 5 aromatic rings. The smallest absolute Gasteiger partial charge is 0.164 e. The molecule has 2 bridgehead atoms. The van der Waals surface area contributed by atoms with Gasteiger partial charge >= 0.3 is 0 Å². The molecule has 2 unspecified atom stereocenters. The summed E-state index contributed by atoms with van der Waals surface area (Å²) in [7, 11) is 0. The molecule has 2 fully saturated rings. The van der Waals surface area contributed by atoms with Crippen LogP contribution in [0.3, 0.4) is 0 Å². The first-order valence-corrected chi connectivity index (χ1v) is 15.9. The van der Waals surface area contributed by atoms with Gasteiger partial charge in [0.15, 0.2) is 17.5 Å². The first-order valence-electron chi connectivity index (χ1n) is 15.9. The van der Waals surface area contributed by atoms with Crippen LogP contribution < -0.4 is 0 Å². The second-order valence-electron chi connectivity index (χ2n) is 13.3. The number of nitrogens with zero attached hydrogens (tertiary/aromatic N) is 5. The molecule has 4 aromatic carbocycles. The minimum atomic E-state index is 0.312. The molecule has 2 aliphatic carbocycles. The zero-order chi connectivity index (χ0) is 31.0. The zero-order valence-corrected chi connectivity index (χ0v) is 25.7. The highest BCUT2D eigenvalue weighted by atomic mass is 15.0. The van der Waals surface area contributed by atoms with Gasteiger partial charge in [-0.2, -0.15) is 10.5 Å². The minimum Gasteiger partial charge on any atom is -0.208 e. The van der Waals surface area contributed by atoms with Crippen LogP contribution in [0, 0.1) is 40.4 Å². The Hall–Kier alpha value is -5.13. The molecule has 2 aliphatic rings. The second-order valence-corrected chi connectivity index (χ2v) is 13.3. The highest BCUT2D eigenvalue weighted by molar-refractivity contribution is 5.73. The van der Waals surface area contributed by atoms with E-state index in [0.29, 0.717) is 34.0 Å². The summed E-state index contributed by atoms with van der Waals surface area (Å²) in [5.41, 5.74) is 7.62. The Bertz CT molecular complexity index is 1930. The quantitative estimate of drug-likeness (QED) is 0.205. The van der Waals surface area contributed by atoms with Gasteiger partial charge in [0, 0.05) is 16.7 Å². The van der Waals surface area contributed by atoms with Gasteiger partial charge in [-0.3, -0.25) is 0 Å². The molecular weight excluding hydrogens is 550 g/mol. The summed E-state index contributed by atoms with van der Waals surface area (Å²) in [6.07, 6.45) is 6.68. The van der Waals surface area contributed by atoms with Crippen LogP contribution in [-0.2, 0) is 5.41 Å². The predicted molar refractivity (Wildman–Crippen MR) is 178 cm³/mol. The third kappa shape index (κ3) is 5.75. The van der Waals surface area contributed by atoms with E-state index in [-0.39, 0.29) is 0 Å². The normalized spacial score (nSPS) is 22.3. The Balaban J connectivity index is 1.26. The molecule has 2 saturated carbocycles. The van der Waals surface area contributed by atoms with E-state index in [4.69, 9.17) is 15.0 Å². The minimum absolute atomic E-state index is 0.312. The van der Waals surface area contributed by atoms with E-state index >= 15 is 0 Å². The van der Waals surface area contributed by atoms with Crippen molar-refractivity contribution in [1.29, 1.82) is 10.5 Å². The average molecular weight is 586 g/mol. The molecule has 7 rings (SSSR count). The van der Waals surface area contributed by atoms with E-state index in [2.05, 4.69) is 68.5 Å². The van der Waals surface area contributed by atoms with Crippen molar-refractivity contribution in [3.63, 3.8) is 0 Å². The molecule has 1 aromatic heterocycles. The third-order valence-electron chi connectivity index (χ3n) is 9.74. The standard InChI is InChI=1S/C40H35N5/c1-26-17-30-18-27(2)22-40(21-26,23-30)36-15-13-31(14-16-36)33-6-4-8-35(20-33)39-44-37(32-11-9-28(24-41)10-12-32)43-38(45-39)34-7-3-5-29(19-34)25-42/h3-16,19-20,26-27,30H,17-18,21-23H2,1-2H3/t26-,27+,30?,40?. The summed E-state index contributed by atoms with van der Waals surface area (Å²) in [5, 5.41) is 18.8. The Labute approximate surface area is 265 Å². The highest BCUT2D eigenvalue weighted by Crippen LogP contribution is 2.54. The lowest BCUT2D eigenvalue weighted by atomic mass is 9.54. The van der Waals surface area contributed by atoms with Gasteiger partial charge in [-0.1, -0.05) is 68.4 Å². The fourth-order valence-corrected chi connectivity index (χ4v) is 8.10. The first-order chi connectivity index (χ1) is 21.9. The molecule has 0 saturated heterocycles. The van der Waals surface area contributed by atoms with E-state index in [9.17, 15) is 10.5 Å². The van der Waals surface area contributed by atoms with Crippen molar-refractivity contribution in [3.05, 3.63) is 114 Å². The second kappa shape index (κ2) is 11.8. The Kier molecular flexibility index (Phi) is 7.48. The van der Waals surface area contributed by atoms with Crippen LogP contribution in [0.25, 0.3) is 45.3 Å². The van der Waals surface area contributed by atoms with Gasteiger partial charge in [-0.05, 0) is 114 Å². The summed E-state index contributed by atoms with van der Waals surface area (Å²) in [6.45, 7) is 4.88. The van der Waals surface area contributed by atoms with Gasteiger partial charge in [0.1, 0.15) is 0 Å². The van der Waals surface area contributed by atoms with Crippen molar-refractivity contribution < 1.29 is 0 Å². The monoisotopic (exact) mass is 585 g/mol. The molecule has 0 radical (unpaired) electrons. The van der Waals surface area contributed by atoms with Gasteiger partial charge in [0.2, 0.25) is 0 Å². The van der Waals surface area contributed by atoms with Crippen LogP contribution in [0.2, 0.25) is 0 Å². The maximum absolute atomic E-state index is 9.49. The van der Waals surface area contributed by atoms with Crippen LogP contribution in [0.1, 0.15) is 62.6 Å². The molecule has 0 N–H and O–H groups in total. The SMILES string of the molecule is C[C@@H]1CC2C[C@H](C)CC(c3ccc(-c4cccc(-c5nc(-c6ccc(C#N)cc6)nc(-c6cccc(C#N)c6)n5)c4)cc3)(C2)C1. The zero-order valence-electron chi connectivity index (χ0n) is 25.7. The Morgan fingerprint density at radius 2 is 1.09 bits per heavy atom. The van der Waals surface area contributed by atoms with Crippen molar-refractivity contribution in [2.24, 2.45) is 17.8 Å². The van der Waals surface area contributed by atoms with E-state index in [1.807, 2.05) is 30.3 Å². The lowest BCUT2D eigenvalue weighted by molar-refractivity contribution is 0.0780. The maximum Gasteiger partial charge on any atom is 0.164 e. The van der Waals surface area contributed by atoms with Crippen molar-refractivity contribution in [2.45, 2.75) is 51.4 Å². The molecule has 0 amide bonds. The van der Waals surface area contributed by atoms with Crippen LogP contribution in [0.5, 0.6) is 0 Å². The number of aromatic nitrogens is 3. The summed E-state index contributed by atoms with van der Waals surface area (Å²) < 4.78 is 0. The molecule has 1 heterocycles. The number of nitriles is 2. The van der Waals surface area contributed by atoms with Gasteiger partial charge in [0.05, 0.1) is 23.3 Å². The van der Waals surface area contributed by atoms with Crippen LogP contribution >= 0.6 is 0 Å². The molecule has 220 valence electrons. The van der Waals surface area contributed by atoms with Gasteiger partial charge < -0.3 is 0 Å². The molecule has 45 heavy (non-hydrogen) atoms. The van der Waals surface area contributed by atoms with Crippen LogP contribution in [0.4, 0.5) is 0 Å². The fraction of sp³-hybridized carbons (Fsp3) is 0.275. The molecular formula is C40H35N5. The number of fused-ring (bicyclic) bond motifs is 2. The number of benzene rings is 4. The number of rotatable bonds is 5. The molecule has 0 aliphatic heterocycles. The van der Waals surface area contributed by atoms with Crippen molar-refractivity contribution >= 4 is 0 Å². The summed E-state index contributed by atoms with van der Waals surface area (Å²) >= 11 is 0. The van der Waals surface area contributed by atoms with E-state index < -0.39 is 0 Å². The number of hydrogen-bond acceptors (Lipinski definition) is 5. The third-order valence-corrected chi connectivity index (χ3v) is 9.74. The number of hydrogen-bond donors (Lipinski definition) is 0. The van der Waals surface area contributed by atoms with Crippen LogP contribution in [0.15, 0.2) is 97.1 Å². The summed E-state index contributed by atoms with van der Waals surface area (Å²) in [6, 6.07) is 36.6. The highest BCUT2D eigenvalue weighted by Gasteiger charge is 2.45. The topological polar surface area (TPSA) is 86.2 Å². The fourth-order valence-electron chi connectivity index (χ4n) is 8.10. The van der Waals surface area contributed by atoms with Gasteiger partial charge in [-0.25, -0.2) is 15.0 Å². The van der Waals surface area contributed by atoms with E-state index in [1.165, 1.54) is 43.2 Å². The Morgan fingerprint density at radius 1 is 0.556 bits per heavy atom. The molecule has 0 spiro atoms. The lowest BCUT2D eigenvalue weighted by Crippen LogP contribution is -2.42.